The molecule has 0 aliphatic heterocycles. The Labute approximate surface area is 110 Å². The lowest BCUT2D eigenvalue weighted by Gasteiger charge is -2.08. The third kappa shape index (κ3) is 2.75. The van der Waals surface area contributed by atoms with Crippen molar-refractivity contribution in [1.29, 1.82) is 0 Å². The van der Waals surface area contributed by atoms with Crippen molar-refractivity contribution in [3.05, 3.63) is 46.3 Å². The van der Waals surface area contributed by atoms with Gasteiger partial charge in [0.15, 0.2) is 0 Å². The van der Waals surface area contributed by atoms with Crippen molar-refractivity contribution in [1.82, 2.24) is 9.97 Å². The van der Waals surface area contributed by atoms with Gasteiger partial charge in [0.2, 0.25) is 11.6 Å². The number of benzene rings is 1. The maximum atomic E-state index is 13.1. The molecule has 1 aromatic carbocycles. The molecule has 0 fully saturated rings. The fraction of sp³-hybridized carbons (Fsp3) is 0. The Morgan fingerprint density at radius 2 is 1.75 bits per heavy atom. The molecule has 0 saturated heterocycles. The molecule has 1 heterocycles. The smallest absolute Gasteiger partial charge is 0.334 e. The molecule has 4 N–H and O–H groups in total. The van der Waals surface area contributed by atoms with E-state index in [-0.39, 0.29) is 17.3 Å². The molecule has 0 aliphatic carbocycles. The van der Waals surface area contributed by atoms with Crippen LogP contribution in [-0.4, -0.2) is 14.9 Å². The predicted octanol–water partition coefficient (Wildman–Crippen LogP) is 1.69. The Hall–Kier alpha value is -2.88. The Bertz CT molecular complexity index is 646. The molecule has 8 nitrogen and oxygen atoms in total. The summed E-state index contributed by atoms with van der Waals surface area (Å²) in [5.41, 5.74) is 1.47. The number of aromatic nitrogens is 2. The third-order valence-corrected chi connectivity index (χ3v) is 2.27. The third-order valence-electron chi connectivity index (χ3n) is 2.27. The Kier molecular flexibility index (Phi) is 3.66. The summed E-state index contributed by atoms with van der Waals surface area (Å²) in [6, 6.07) is 2.60. The zero-order valence-electron chi connectivity index (χ0n) is 9.80. The predicted molar refractivity (Wildman–Crippen MR) is 66.1 cm³/mol. The lowest BCUT2D eigenvalue weighted by molar-refractivity contribution is -0.383. The van der Waals surface area contributed by atoms with Crippen LogP contribution in [0, 0.1) is 21.7 Å². The molecule has 0 bridgehead atoms. The molecule has 0 radical (unpaired) electrons. The summed E-state index contributed by atoms with van der Waals surface area (Å²) in [4.78, 5) is 17.4. The van der Waals surface area contributed by atoms with Crippen molar-refractivity contribution in [3.63, 3.8) is 0 Å². The number of nitrogens with one attached hydrogen (secondary N) is 2. The molecular formula is C10H8F2N6O2. The zero-order chi connectivity index (χ0) is 14.7. The SMILES string of the molecule is NNc1ncnc(Nc2cc(F)cc(F)c2)c1[N+](=O)[O-]. The number of anilines is 3. The second-order valence-electron chi connectivity index (χ2n) is 3.60. The molecule has 104 valence electrons. The van der Waals surface area contributed by atoms with Crippen molar-refractivity contribution in [2.75, 3.05) is 10.7 Å². The lowest BCUT2D eigenvalue weighted by atomic mass is 10.3. The minimum atomic E-state index is -0.832. The van der Waals surface area contributed by atoms with Gasteiger partial charge < -0.3 is 10.7 Å². The number of nitrogens with two attached hydrogens (primary N) is 1. The summed E-state index contributed by atoms with van der Waals surface area (Å²) >= 11 is 0. The van der Waals surface area contributed by atoms with E-state index in [0.29, 0.717) is 6.07 Å². The van der Waals surface area contributed by atoms with Gasteiger partial charge in [-0.15, -0.1) is 0 Å². The summed E-state index contributed by atoms with van der Waals surface area (Å²) in [7, 11) is 0. The van der Waals surface area contributed by atoms with Crippen LogP contribution in [0.4, 0.5) is 31.8 Å². The van der Waals surface area contributed by atoms with Crippen molar-refractivity contribution < 1.29 is 13.7 Å². The number of hydrogen-bond acceptors (Lipinski definition) is 7. The lowest BCUT2D eigenvalue weighted by Crippen LogP contribution is -2.12. The van der Waals surface area contributed by atoms with Crippen LogP contribution in [0.15, 0.2) is 24.5 Å². The first-order valence-electron chi connectivity index (χ1n) is 5.20. The van der Waals surface area contributed by atoms with Crippen LogP contribution >= 0.6 is 0 Å². The van der Waals surface area contributed by atoms with Crippen LogP contribution in [0.25, 0.3) is 0 Å². The van der Waals surface area contributed by atoms with E-state index in [1.807, 2.05) is 5.43 Å². The molecule has 0 saturated carbocycles. The van der Waals surface area contributed by atoms with Gasteiger partial charge in [0.25, 0.3) is 0 Å². The molecule has 20 heavy (non-hydrogen) atoms. The molecule has 0 aliphatic rings. The number of nitro groups is 1. The van der Waals surface area contributed by atoms with Gasteiger partial charge in [-0.3, -0.25) is 10.1 Å². The average molecular weight is 282 g/mol. The largest absolute Gasteiger partial charge is 0.354 e. The number of rotatable bonds is 4. The second-order valence-corrected chi connectivity index (χ2v) is 3.60. The number of hydrogen-bond donors (Lipinski definition) is 3. The van der Waals surface area contributed by atoms with Gasteiger partial charge in [0, 0.05) is 11.8 Å². The van der Waals surface area contributed by atoms with Gasteiger partial charge in [-0.05, 0) is 12.1 Å². The van der Waals surface area contributed by atoms with Gasteiger partial charge in [0.05, 0.1) is 4.92 Å². The van der Waals surface area contributed by atoms with E-state index in [2.05, 4.69) is 15.3 Å². The molecule has 10 heteroatoms. The fourth-order valence-corrected chi connectivity index (χ4v) is 1.51. The van der Waals surface area contributed by atoms with Crippen LogP contribution in [-0.2, 0) is 0 Å². The van der Waals surface area contributed by atoms with Crippen molar-refractivity contribution in [2.24, 2.45) is 5.84 Å². The summed E-state index contributed by atoms with van der Waals surface area (Å²) in [5, 5.41) is 13.4. The Morgan fingerprint density at radius 3 is 2.30 bits per heavy atom. The van der Waals surface area contributed by atoms with Gasteiger partial charge in [-0.1, -0.05) is 0 Å². The molecule has 0 atom stereocenters. The molecule has 2 rings (SSSR count). The monoisotopic (exact) mass is 282 g/mol. The van der Waals surface area contributed by atoms with E-state index in [1.54, 1.807) is 0 Å². The van der Waals surface area contributed by atoms with E-state index in [4.69, 9.17) is 5.84 Å². The maximum absolute atomic E-state index is 13.1. The Balaban J connectivity index is 2.45. The number of hydrazine groups is 1. The van der Waals surface area contributed by atoms with E-state index < -0.39 is 22.2 Å². The maximum Gasteiger partial charge on any atom is 0.354 e. The fourth-order valence-electron chi connectivity index (χ4n) is 1.51. The highest BCUT2D eigenvalue weighted by atomic mass is 19.1. The average Bonchev–Trinajstić information content (AvgIpc) is 2.36. The first-order chi connectivity index (χ1) is 9.51. The molecule has 0 amide bonds. The second kappa shape index (κ2) is 5.40. The van der Waals surface area contributed by atoms with Gasteiger partial charge in [-0.25, -0.2) is 24.6 Å². The van der Waals surface area contributed by atoms with E-state index >= 15 is 0 Å². The molecule has 0 spiro atoms. The van der Waals surface area contributed by atoms with E-state index in [9.17, 15) is 18.9 Å². The van der Waals surface area contributed by atoms with Gasteiger partial charge in [0.1, 0.15) is 18.0 Å². The normalized spacial score (nSPS) is 10.2. The van der Waals surface area contributed by atoms with Crippen LogP contribution < -0.4 is 16.6 Å². The molecule has 2 aromatic rings. The zero-order valence-corrected chi connectivity index (χ0v) is 9.80. The van der Waals surface area contributed by atoms with Gasteiger partial charge >= 0.3 is 5.69 Å². The van der Waals surface area contributed by atoms with Crippen LogP contribution in [0.1, 0.15) is 0 Å². The summed E-state index contributed by atoms with van der Waals surface area (Å²) < 4.78 is 26.1. The summed E-state index contributed by atoms with van der Waals surface area (Å²) in [5.74, 6) is 2.96. The highest BCUT2D eigenvalue weighted by Crippen LogP contribution is 2.30. The number of nitrogens with zero attached hydrogens (tertiary/aromatic N) is 3. The van der Waals surface area contributed by atoms with Crippen molar-refractivity contribution >= 4 is 23.0 Å². The topological polar surface area (TPSA) is 119 Å². The highest BCUT2D eigenvalue weighted by molar-refractivity contribution is 5.73. The van der Waals surface area contributed by atoms with Crippen LogP contribution in [0.2, 0.25) is 0 Å². The summed E-state index contributed by atoms with van der Waals surface area (Å²) in [6.45, 7) is 0. The summed E-state index contributed by atoms with van der Waals surface area (Å²) in [6.07, 6.45) is 1.01. The molecule has 1 aromatic heterocycles. The highest BCUT2D eigenvalue weighted by Gasteiger charge is 2.22. The number of nitrogen functional groups attached to an aromatic ring is 1. The van der Waals surface area contributed by atoms with Crippen LogP contribution in [0.5, 0.6) is 0 Å². The van der Waals surface area contributed by atoms with Gasteiger partial charge in [-0.2, -0.15) is 0 Å². The molecule has 0 unspecified atom stereocenters. The van der Waals surface area contributed by atoms with E-state index in [1.165, 1.54) is 0 Å². The van der Waals surface area contributed by atoms with Crippen LogP contribution in [0.3, 0.4) is 0 Å². The van der Waals surface area contributed by atoms with Crippen molar-refractivity contribution in [3.8, 4) is 0 Å². The first-order valence-corrected chi connectivity index (χ1v) is 5.20. The number of halogens is 2. The standard InChI is InChI=1S/C10H8F2N6O2/c11-5-1-6(12)3-7(2-5)16-9-8(18(19)20)10(17-13)15-4-14-9/h1-4H,13H2,(H2,14,15,16,17). The first kappa shape index (κ1) is 13.5. The quantitative estimate of drug-likeness (QED) is 0.443. The van der Waals surface area contributed by atoms with Crippen molar-refractivity contribution in [2.45, 2.75) is 0 Å². The minimum absolute atomic E-state index is 0.0349. The molecular weight excluding hydrogens is 274 g/mol. The minimum Gasteiger partial charge on any atom is -0.334 e. The Morgan fingerprint density at radius 1 is 1.15 bits per heavy atom. The van der Waals surface area contributed by atoms with E-state index in [0.717, 1.165) is 18.5 Å².